The van der Waals surface area contributed by atoms with E-state index in [-0.39, 0.29) is 6.03 Å². The number of aryl methyl sites for hydroxylation is 1. The van der Waals surface area contributed by atoms with Crippen molar-refractivity contribution in [3.05, 3.63) is 46.4 Å². The molecule has 0 aromatic carbocycles. The number of nitrogens with zero attached hydrogens (tertiary/aromatic N) is 3. The van der Waals surface area contributed by atoms with Crippen LogP contribution in [0.15, 0.2) is 35.3 Å². The Morgan fingerprint density at radius 3 is 2.70 bits per heavy atom. The second-order valence-corrected chi connectivity index (χ2v) is 6.88. The average Bonchev–Trinajstić information content (AvgIpc) is 3.24. The van der Waals surface area contributed by atoms with Gasteiger partial charge in [0.2, 0.25) is 0 Å². The normalized spacial score (nSPS) is 17.2. The van der Waals surface area contributed by atoms with Crippen molar-refractivity contribution in [3.8, 4) is 0 Å². The van der Waals surface area contributed by atoms with Gasteiger partial charge in [0.15, 0.2) is 0 Å². The number of aromatic nitrogens is 1. The van der Waals surface area contributed by atoms with Crippen LogP contribution in [0, 0.1) is 0 Å². The quantitative estimate of drug-likeness (QED) is 0.935. The molecule has 2 aromatic heterocycles. The second-order valence-electron chi connectivity index (χ2n) is 6.10. The lowest BCUT2D eigenvalue weighted by atomic mass is 10.1. The number of carbonyl (C=O) groups excluding carboxylic acids is 1. The summed E-state index contributed by atoms with van der Waals surface area (Å²) in [4.78, 5) is 16.6. The fraction of sp³-hybridized carbons (Fsp3) is 0.471. The van der Waals surface area contributed by atoms with Crippen molar-refractivity contribution in [1.82, 2.24) is 19.7 Å². The Bertz CT molecular complexity index is 629. The highest BCUT2D eigenvalue weighted by molar-refractivity contribution is 7.07. The molecule has 2 amide bonds. The van der Waals surface area contributed by atoms with E-state index >= 15 is 0 Å². The van der Waals surface area contributed by atoms with Gasteiger partial charge >= 0.3 is 6.03 Å². The SMILES string of the molecule is C[C@@H](c1ccsc1)N1CCN(C(=O)NCc2ccn(C)c2)CC1. The number of carbonyl (C=O) groups is 1. The molecule has 124 valence electrons. The van der Waals surface area contributed by atoms with Crippen molar-refractivity contribution in [3.63, 3.8) is 0 Å². The van der Waals surface area contributed by atoms with Crippen LogP contribution < -0.4 is 5.32 Å². The third-order valence-corrected chi connectivity index (χ3v) is 5.21. The van der Waals surface area contributed by atoms with Crippen LogP contribution in [0.5, 0.6) is 0 Å². The lowest BCUT2D eigenvalue weighted by molar-refractivity contribution is 0.114. The fourth-order valence-electron chi connectivity index (χ4n) is 2.99. The van der Waals surface area contributed by atoms with E-state index in [1.165, 1.54) is 5.56 Å². The molecule has 1 saturated heterocycles. The first-order chi connectivity index (χ1) is 11.1. The number of amides is 2. The van der Waals surface area contributed by atoms with Gasteiger partial charge in [-0.05, 0) is 40.9 Å². The molecule has 0 radical (unpaired) electrons. The number of thiophene rings is 1. The Kier molecular flexibility index (Phi) is 5.03. The minimum atomic E-state index is 0.0386. The van der Waals surface area contributed by atoms with Crippen LogP contribution in [0.25, 0.3) is 0 Å². The summed E-state index contributed by atoms with van der Waals surface area (Å²) in [5.41, 5.74) is 2.50. The number of nitrogens with one attached hydrogen (secondary N) is 1. The molecule has 0 aliphatic carbocycles. The maximum Gasteiger partial charge on any atom is 0.317 e. The molecule has 1 atom stereocenters. The molecule has 1 aliphatic heterocycles. The summed E-state index contributed by atoms with van der Waals surface area (Å²) in [7, 11) is 1.99. The van der Waals surface area contributed by atoms with Gasteiger partial charge in [-0.3, -0.25) is 4.90 Å². The van der Waals surface area contributed by atoms with E-state index in [1.807, 2.05) is 35.0 Å². The van der Waals surface area contributed by atoms with Crippen molar-refractivity contribution in [2.75, 3.05) is 26.2 Å². The molecule has 0 saturated carbocycles. The van der Waals surface area contributed by atoms with Crippen molar-refractivity contribution in [2.24, 2.45) is 7.05 Å². The highest BCUT2D eigenvalue weighted by Crippen LogP contribution is 2.23. The molecule has 2 aromatic rings. The number of piperazine rings is 1. The van der Waals surface area contributed by atoms with Gasteiger partial charge in [0.25, 0.3) is 0 Å². The molecular formula is C17H24N4OS. The van der Waals surface area contributed by atoms with E-state index in [2.05, 4.69) is 34.0 Å². The highest BCUT2D eigenvalue weighted by Gasteiger charge is 2.24. The van der Waals surface area contributed by atoms with Crippen molar-refractivity contribution in [1.29, 1.82) is 0 Å². The van der Waals surface area contributed by atoms with E-state index in [0.717, 1.165) is 31.7 Å². The van der Waals surface area contributed by atoms with Crippen LogP contribution in [-0.4, -0.2) is 46.6 Å². The van der Waals surface area contributed by atoms with Gasteiger partial charge < -0.3 is 14.8 Å². The summed E-state index contributed by atoms with van der Waals surface area (Å²) in [6, 6.07) is 4.68. The van der Waals surface area contributed by atoms with Crippen molar-refractivity contribution >= 4 is 17.4 Å². The van der Waals surface area contributed by atoms with E-state index in [9.17, 15) is 4.79 Å². The molecule has 1 aliphatic rings. The molecule has 0 unspecified atom stereocenters. The predicted molar refractivity (Wildman–Crippen MR) is 93.5 cm³/mol. The summed E-state index contributed by atoms with van der Waals surface area (Å²) in [5.74, 6) is 0. The monoisotopic (exact) mass is 332 g/mol. The van der Waals surface area contributed by atoms with Gasteiger partial charge in [-0.25, -0.2) is 4.79 Å². The van der Waals surface area contributed by atoms with E-state index < -0.39 is 0 Å². The first kappa shape index (κ1) is 16.1. The lowest BCUT2D eigenvalue weighted by Gasteiger charge is -2.37. The second kappa shape index (κ2) is 7.19. The Balaban J connectivity index is 1.45. The molecule has 6 heteroatoms. The Hall–Kier alpha value is -1.79. The Labute approximate surface area is 141 Å². The molecule has 0 bridgehead atoms. The minimum absolute atomic E-state index is 0.0386. The molecular weight excluding hydrogens is 308 g/mol. The highest BCUT2D eigenvalue weighted by atomic mass is 32.1. The van der Waals surface area contributed by atoms with Crippen LogP contribution >= 0.6 is 11.3 Å². The number of hydrogen-bond acceptors (Lipinski definition) is 3. The predicted octanol–water partition coefficient (Wildman–Crippen LogP) is 2.68. The topological polar surface area (TPSA) is 40.5 Å². The zero-order valence-corrected chi connectivity index (χ0v) is 14.6. The number of rotatable bonds is 4. The van der Waals surface area contributed by atoms with Crippen LogP contribution in [0.3, 0.4) is 0 Å². The summed E-state index contributed by atoms with van der Waals surface area (Å²) in [6.45, 7) is 6.26. The van der Waals surface area contributed by atoms with Crippen LogP contribution in [0.1, 0.15) is 24.1 Å². The van der Waals surface area contributed by atoms with Gasteiger partial charge in [0, 0.05) is 58.2 Å². The third-order valence-electron chi connectivity index (χ3n) is 4.51. The maximum absolute atomic E-state index is 12.3. The molecule has 5 nitrogen and oxygen atoms in total. The number of hydrogen-bond donors (Lipinski definition) is 1. The first-order valence-corrected chi connectivity index (χ1v) is 8.97. The fourth-order valence-corrected chi connectivity index (χ4v) is 3.74. The van der Waals surface area contributed by atoms with Crippen molar-refractivity contribution < 1.29 is 4.79 Å². The molecule has 23 heavy (non-hydrogen) atoms. The van der Waals surface area contributed by atoms with Crippen LogP contribution in [-0.2, 0) is 13.6 Å². The van der Waals surface area contributed by atoms with Crippen LogP contribution in [0.4, 0.5) is 4.79 Å². The Morgan fingerprint density at radius 2 is 2.09 bits per heavy atom. The van der Waals surface area contributed by atoms with Crippen molar-refractivity contribution in [2.45, 2.75) is 19.5 Å². The average molecular weight is 332 g/mol. The minimum Gasteiger partial charge on any atom is -0.357 e. The summed E-state index contributed by atoms with van der Waals surface area (Å²) >= 11 is 1.74. The number of urea groups is 1. The van der Waals surface area contributed by atoms with E-state index in [4.69, 9.17) is 0 Å². The lowest BCUT2D eigenvalue weighted by Crippen LogP contribution is -2.52. The molecule has 1 N–H and O–H groups in total. The summed E-state index contributed by atoms with van der Waals surface area (Å²) in [5, 5.41) is 7.35. The van der Waals surface area contributed by atoms with E-state index in [0.29, 0.717) is 12.6 Å². The standard InChI is InChI=1S/C17H24N4OS/c1-14(16-4-10-23-13-16)20-6-8-21(9-7-20)17(22)18-11-15-3-5-19(2)12-15/h3-5,10,12-14H,6-9,11H2,1-2H3,(H,18,22)/t14-/m0/s1. The van der Waals surface area contributed by atoms with Crippen LogP contribution in [0.2, 0.25) is 0 Å². The molecule has 3 rings (SSSR count). The molecule has 0 spiro atoms. The third kappa shape index (κ3) is 3.95. The summed E-state index contributed by atoms with van der Waals surface area (Å²) < 4.78 is 1.99. The van der Waals surface area contributed by atoms with Gasteiger partial charge in [-0.2, -0.15) is 11.3 Å². The molecule has 3 heterocycles. The zero-order valence-electron chi connectivity index (χ0n) is 13.7. The zero-order chi connectivity index (χ0) is 16.2. The smallest absolute Gasteiger partial charge is 0.317 e. The Morgan fingerprint density at radius 1 is 1.30 bits per heavy atom. The van der Waals surface area contributed by atoms with Gasteiger partial charge in [0.1, 0.15) is 0 Å². The first-order valence-electron chi connectivity index (χ1n) is 8.03. The van der Waals surface area contributed by atoms with Gasteiger partial charge in [-0.15, -0.1) is 0 Å². The van der Waals surface area contributed by atoms with Gasteiger partial charge in [-0.1, -0.05) is 0 Å². The van der Waals surface area contributed by atoms with Gasteiger partial charge in [0.05, 0.1) is 0 Å². The molecule has 1 fully saturated rings. The largest absolute Gasteiger partial charge is 0.357 e. The maximum atomic E-state index is 12.3. The van der Waals surface area contributed by atoms with E-state index in [1.54, 1.807) is 11.3 Å². The summed E-state index contributed by atoms with van der Waals surface area (Å²) in [6.07, 6.45) is 4.02.